The van der Waals surface area contributed by atoms with Crippen LogP contribution >= 0.6 is 34.5 Å². The second-order valence-corrected chi connectivity index (χ2v) is 5.82. The van der Waals surface area contributed by atoms with Gasteiger partial charge in [0.15, 0.2) is 0 Å². The summed E-state index contributed by atoms with van der Waals surface area (Å²) in [6, 6.07) is 5.46. The Morgan fingerprint density at radius 3 is 2.67 bits per heavy atom. The molecule has 18 heavy (non-hydrogen) atoms. The number of benzene rings is 1. The summed E-state index contributed by atoms with van der Waals surface area (Å²) in [6.45, 7) is 2.13. The summed E-state index contributed by atoms with van der Waals surface area (Å²) in [6.07, 6.45) is 1.89. The van der Waals surface area contributed by atoms with Gasteiger partial charge in [-0.2, -0.15) is 0 Å². The Morgan fingerprint density at radius 2 is 2.06 bits per heavy atom. The fourth-order valence-electron chi connectivity index (χ4n) is 1.69. The number of aliphatic hydroxyl groups excluding tert-OH is 1. The van der Waals surface area contributed by atoms with Gasteiger partial charge in [-0.3, -0.25) is 0 Å². The number of nitrogens with zero attached hydrogens (tertiary/aromatic N) is 1. The monoisotopic (exact) mass is 301 g/mol. The molecule has 0 spiro atoms. The largest absolute Gasteiger partial charge is 0.391 e. The van der Waals surface area contributed by atoms with E-state index in [9.17, 15) is 5.11 Å². The molecule has 5 heteroatoms. The smallest absolute Gasteiger partial charge is 0.124 e. The maximum absolute atomic E-state index is 9.33. The topological polar surface area (TPSA) is 33.1 Å². The summed E-state index contributed by atoms with van der Waals surface area (Å²) in [5.74, 6) is 0. The number of halogens is 2. The Morgan fingerprint density at radius 1 is 1.28 bits per heavy atom. The van der Waals surface area contributed by atoms with Crippen molar-refractivity contribution >= 4 is 34.5 Å². The second-order valence-electron chi connectivity index (χ2n) is 3.93. The van der Waals surface area contributed by atoms with E-state index in [-0.39, 0.29) is 6.61 Å². The third-order valence-electron chi connectivity index (χ3n) is 2.58. The van der Waals surface area contributed by atoms with Gasteiger partial charge in [-0.25, -0.2) is 4.98 Å². The highest BCUT2D eigenvalue weighted by molar-refractivity contribution is 7.15. The van der Waals surface area contributed by atoms with Crippen LogP contribution in [0.15, 0.2) is 18.2 Å². The van der Waals surface area contributed by atoms with Gasteiger partial charge in [-0.05, 0) is 18.6 Å². The van der Waals surface area contributed by atoms with Gasteiger partial charge in [-0.15, -0.1) is 11.3 Å². The Bertz CT molecular complexity index is 554. The van der Waals surface area contributed by atoms with Crippen LogP contribution in [0.5, 0.6) is 0 Å². The fourth-order valence-corrected chi connectivity index (χ4v) is 2.95. The van der Waals surface area contributed by atoms with E-state index >= 15 is 0 Å². The highest BCUT2D eigenvalue weighted by Gasteiger charge is 2.12. The molecule has 0 amide bonds. The van der Waals surface area contributed by atoms with E-state index in [0.29, 0.717) is 10.0 Å². The molecule has 2 nitrogen and oxygen atoms in total. The van der Waals surface area contributed by atoms with Gasteiger partial charge in [0.25, 0.3) is 0 Å². The summed E-state index contributed by atoms with van der Waals surface area (Å²) < 4.78 is 0. The first-order valence-corrected chi connectivity index (χ1v) is 7.27. The van der Waals surface area contributed by atoms with Crippen molar-refractivity contribution in [3.63, 3.8) is 0 Å². The van der Waals surface area contributed by atoms with E-state index in [2.05, 4.69) is 11.9 Å². The molecular formula is C13H13Cl2NOS. The zero-order valence-corrected chi connectivity index (χ0v) is 12.2. The van der Waals surface area contributed by atoms with E-state index in [1.54, 1.807) is 12.1 Å². The maximum atomic E-state index is 9.33. The summed E-state index contributed by atoms with van der Waals surface area (Å²) >= 11 is 13.4. The zero-order chi connectivity index (χ0) is 13.1. The minimum Gasteiger partial charge on any atom is -0.391 e. The minimum atomic E-state index is 0.0360. The van der Waals surface area contributed by atoms with Crippen molar-refractivity contribution in [1.82, 2.24) is 4.98 Å². The lowest BCUT2D eigenvalue weighted by molar-refractivity contribution is 0.284. The molecule has 0 fully saturated rings. The molecule has 0 saturated carbocycles. The summed E-state index contributed by atoms with van der Waals surface area (Å²) in [5.41, 5.74) is 1.91. The highest BCUT2D eigenvalue weighted by Crippen LogP contribution is 2.32. The molecule has 0 aliphatic heterocycles. The van der Waals surface area contributed by atoms with Crippen molar-refractivity contribution in [2.45, 2.75) is 26.4 Å². The van der Waals surface area contributed by atoms with Gasteiger partial charge in [0.05, 0.1) is 27.2 Å². The third-order valence-corrected chi connectivity index (χ3v) is 4.45. The first kappa shape index (κ1) is 13.8. The van der Waals surface area contributed by atoms with Crippen molar-refractivity contribution in [2.75, 3.05) is 0 Å². The molecule has 1 heterocycles. The van der Waals surface area contributed by atoms with Crippen LogP contribution in [-0.2, 0) is 13.0 Å². The normalized spacial score (nSPS) is 10.9. The Hall–Kier alpha value is -0.610. The molecule has 0 radical (unpaired) electrons. The maximum Gasteiger partial charge on any atom is 0.124 e. The van der Waals surface area contributed by atoms with Crippen LogP contribution in [0.2, 0.25) is 10.0 Å². The number of hydrogen-bond donors (Lipinski definition) is 1. The first-order chi connectivity index (χ1) is 8.65. The van der Waals surface area contributed by atoms with Crippen molar-refractivity contribution in [2.24, 2.45) is 0 Å². The van der Waals surface area contributed by atoms with Gasteiger partial charge < -0.3 is 5.11 Å². The number of thiazole rings is 1. The lowest BCUT2D eigenvalue weighted by Gasteiger charge is -1.99. The van der Waals surface area contributed by atoms with Gasteiger partial charge in [0.2, 0.25) is 0 Å². The first-order valence-electron chi connectivity index (χ1n) is 5.70. The number of aryl methyl sites for hydroxylation is 1. The van der Waals surface area contributed by atoms with E-state index < -0.39 is 0 Å². The molecule has 2 rings (SSSR count). The summed E-state index contributed by atoms with van der Waals surface area (Å²) in [7, 11) is 0. The lowest BCUT2D eigenvalue weighted by Crippen LogP contribution is -1.89. The van der Waals surface area contributed by atoms with Gasteiger partial charge in [0.1, 0.15) is 5.01 Å². The van der Waals surface area contributed by atoms with Crippen LogP contribution in [0.4, 0.5) is 0 Å². The standard InChI is InChI=1S/C13H13Cl2NOS/c1-2-3-11-12(7-17)18-13(16-11)8-4-5-9(14)10(15)6-8/h4-6,17H,2-3,7H2,1H3. The molecule has 0 saturated heterocycles. The molecule has 0 unspecified atom stereocenters. The van der Waals surface area contributed by atoms with Crippen molar-refractivity contribution < 1.29 is 5.11 Å². The molecule has 1 N–H and O–H groups in total. The Balaban J connectivity index is 2.40. The second kappa shape index (κ2) is 6.02. The van der Waals surface area contributed by atoms with Gasteiger partial charge in [0, 0.05) is 5.56 Å². The fraction of sp³-hybridized carbons (Fsp3) is 0.308. The van der Waals surface area contributed by atoms with Crippen LogP contribution < -0.4 is 0 Å². The number of aliphatic hydroxyl groups is 1. The lowest BCUT2D eigenvalue weighted by atomic mass is 10.2. The minimum absolute atomic E-state index is 0.0360. The molecule has 0 bridgehead atoms. The SMILES string of the molecule is CCCc1nc(-c2ccc(Cl)c(Cl)c2)sc1CO. The zero-order valence-electron chi connectivity index (χ0n) is 9.91. The van der Waals surface area contributed by atoms with E-state index in [0.717, 1.165) is 34.0 Å². The number of rotatable bonds is 4. The van der Waals surface area contributed by atoms with Crippen LogP contribution in [0.1, 0.15) is 23.9 Å². The van der Waals surface area contributed by atoms with E-state index in [1.165, 1.54) is 11.3 Å². The average molecular weight is 302 g/mol. The number of aromatic nitrogens is 1. The van der Waals surface area contributed by atoms with Crippen LogP contribution in [0.25, 0.3) is 10.6 Å². The van der Waals surface area contributed by atoms with E-state index in [1.807, 2.05) is 6.07 Å². The summed E-state index contributed by atoms with van der Waals surface area (Å²) in [5, 5.41) is 11.3. The van der Waals surface area contributed by atoms with Crippen molar-refractivity contribution in [3.8, 4) is 10.6 Å². The predicted octanol–water partition coefficient (Wildman–Crippen LogP) is 4.56. The van der Waals surface area contributed by atoms with Gasteiger partial charge >= 0.3 is 0 Å². The summed E-state index contributed by atoms with van der Waals surface area (Å²) in [4.78, 5) is 5.50. The molecule has 1 aromatic heterocycles. The van der Waals surface area contributed by atoms with E-state index in [4.69, 9.17) is 23.2 Å². The van der Waals surface area contributed by atoms with Crippen LogP contribution in [0.3, 0.4) is 0 Å². The van der Waals surface area contributed by atoms with Crippen LogP contribution in [-0.4, -0.2) is 10.1 Å². The van der Waals surface area contributed by atoms with Crippen molar-refractivity contribution in [3.05, 3.63) is 38.8 Å². The molecule has 2 aromatic rings. The van der Waals surface area contributed by atoms with Crippen LogP contribution in [0, 0.1) is 0 Å². The third kappa shape index (κ3) is 2.86. The van der Waals surface area contributed by atoms with Gasteiger partial charge in [-0.1, -0.05) is 42.6 Å². The molecule has 1 aromatic carbocycles. The predicted molar refractivity (Wildman–Crippen MR) is 77.5 cm³/mol. The molecule has 0 atom stereocenters. The molecular weight excluding hydrogens is 289 g/mol. The van der Waals surface area contributed by atoms with Crippen molar-refractivity contribution in [1.29, 1.82) is 0 Å². The Labute approximate surface area is 120 Å². The molecule has 0 aliphatic rings. The average Bonchev–Trinajstić information content (AvgIpc) is 2.76. The quantitative estimate of drug-likeness (QED) is 0.898. The molecule has 0 aliphatic carbocycles. The Kier molecular flexibility index (Phi) is 4.62. The molecule has 96 valence electrons. The highest BCUT2D eigenvalue weighted by atomic mass is 35.5. The number of hydrogen-bond acceptors (Lipinski definition) is 3.